The van der Waals surface area contributed by atoms with E-state index >= 15 is 0 Å². The third-order valence-corrected chi connectivity index (χ3v) is 1.35. The Morgan fingerprint density at radius 2 is 2.08 bits per heavy atom. The predicted octanol–water partition coefficient (Wildman–Crippen LogP) is -0.183. The Morgan fingerprint density at radius 1 is 1.50 bits per heavy atom. The standard InChI is InChI=1S/C6H5ClN2O3/c1-3(7)2-9-5(11)4(10)8-6(9)12/h1-2H2,(H,8,10,12). The van der Waals surface area contributed by atoms with E-state index in [1.807, 2.05) is 5.32 Å². The minimum atomic E-state index is -0.932. The molecule has 1 N–H and O–H groups in total. The molecule has 0 atom stereocenters. The van der Waals surface area contributed by atoms with Crippen LogP contribution in [0.15, 0.2) is 11.6 Å². The second kappa shape index (κ2) is 2.94. The molecule has 1 saturated heterocycles. The number of rotatable bonds is 2. The van der Waals surface area contributed by atoms with E-state index in [2.05, 4.69) is 6.58 Å². The van der Waals surface area contributed by atoms with Gasteiger partial charge in [-0.3, -0.25) is 19.8 Å². The summed E-state index contributed by atoms with van der Waals surface area (Å²) in [5, 5.41) is 1.94. The maximum atomic E-state index is 10.8. The molecule has 1 heterocycles. The Labute approximate surface area is 73.0 Å². The van der Waals surface area contributed by atoms with Crippen LogP contribution in [0.5, 0.6) is 0 Å². The van der Waals surface area contributed by atoms with Gasteiger partial charge >= 0.3 is 17.8 Å². The van der Waals surface area contributed by atoms with Crippen molar-refractivity contribution in [1.29, 1.82) is 0 Å². The lowest BCUT2D eigenvalue weighted by atomic mass is 10.5. The maximum Gasteiger partial charge on any atom is 0.331 e. The molecule has 5 nitrogen and oxygen atoms in total. The molecule has 0 unspecified atom stereocenters. The molecule has 0 aromatic heterocycles. The lowest BCUT2D eigenvalue weighted by Gasteiger charge is -2.08. The van der Waals surface area contributed by atoms with Crippen molar-refractivity contribution in [1.82, 2.24) is 10.2 Å². The topological polar surface area (TPSA) is 66.5 Å². The minimum Gasteiger partial charge on any atom is -0.269 e. The molecule has 0 saturated carbocycles. The molecule has 6 heteroatoms. The fraction of sp³-hybridized carbons (Fsp3) is 0.167. The molecule has 0 aromatic rings. The fourth-order valence-electron chi connectivity index (χ4n) is 0.748. The maximum absolute atomic E-state index is 10.8. The van der Waals surface area contributed by atoms with Crippen molar-refractivity contribution in [3.05, 3.63) is 11.6 Å². The van der Waals surface area contributed by atoms with E-state index in [1.165, 1.54) is 0 Å². The Kier molecular flexibility index (Phi) is 2.14. The van der Waals surface area contributed by atoms with E-state index in [1.54, 1.807) is 0 Å². The lowest BCUT2D eigenvalue weighted by Crippen LogP contribution is -2.31. The third-order valence-electron chi connectivity index (χ3n) is 1.23. The van der Waals surface area contributed by atoms with Crippen LogP contribution in [0.1, 0.15) is 0 Å². The average Bonchev–Trinajstić information content (AvgIpc) is 2.16. The van der Waals surface area contributed by atoms with Crippen LogP contribution in [-0.2, 0) is 9.59 Å². The smallest absolute Gasteiger partial charge is 0.269 e. The number of halogens is 1. The highest BCUT2D eigenvalue weighted by Crippen LogP contribution is 2.06. The molecular formula is C6H5ClN2O3. The van der Waals surface area contributed by atoms with Crippen molar-refractivity contribution in [2.75, 3.05) is 6.54 Å². The van der Waals surface area contributed by atoms with Gasteiger partial charge in [-0.05, 0) is 0 Å². The zero-order chi connectivity index (χ0) is 9.30. The summed E-state index contributed by atoms with van der Waals surface area (Å²) < 4.78 is 0. The van der Waals surface area contributed by atoms with Crippen molar-refractivity contribution in [2.45, 2.75) is 0 Å². The van der Waals surface area contributed by atoms with Crippen LogP contribution < -0.4 is 5.32 Å². The molecule has 0 bridgehead atoms. The van der Waals surface area contributed by atoms with Gasteiger partial charge in [-0.2, -0.15) is 0 Å². The van der Waals surface area contributed by atoms with Gasteiger partial charge in [0.1, 0.15) is 0 Å². The third kappa shape index (κ3) is 1.45. The Hall–Kier alpha value is -1.36. The summed E-state index contributed by atoms with van der Waals surface area (Å²) in [5.41, 5.74) is 0. The number of urea groups is 1. The van der Waals surface area contributed by atoms with Crippen LogP contribution in [0.25, 0.3) is 0 Å². The first kappa shape index (κ1) is 8.73. The van der Waals surface area contributed by atoms with Crippen molar-refractivity contribution in [3.8, 4) is 0 Å². The largest absolute Gasteiger partial charge is 0.331 e. The SMILES string of the molecule is C=C(Cl)CN1C(=O)NC(=O)C1=O. The van der Waals surface area contributed by atoms with Gasteiger partial charge in [0.2, 0.25) is 0 Å². The number of amides is 4. The van der Waals surface area contributed by atoms with Gasteiger partial charge in [0, 0.05) is 5.03 Å². The van der Waals surface area contributed by atoms with Crippen LogP contribution in [-0.4, -0.2) is 29.3 Å². The summed E-state index contributed by atoms with van der Waals surface area (Å²) in [6, 6.07) is -0.758. The molecule has 1 fully saturated rings. The molecule has 1 aliphatic rings. The summed E-state index contributed by atoms with van der Waals surface area (Å²) in [6.07, 6.45) is 0. The van der Waals surface area contributed by atoms with Gasteiger partial charge < -0.3 is 0 Å². The summed E-state index contributed by atoms with van der Waals surface area (Å²) in [6.45, 7) is 3.15. The normalized spacial score (nSPS) is 16.8. The number of carbonyl (C=O) groups is 3. The number of hydrogen-bond acceptors (Lipinski definition) is 3. The number of hydrogen-bond donors (Lipinski definition) is 1. The summed E-state index contributed by atoms with van der Waals surface area (Å²) in [7, 11) is 0. The molecule has 1 rings (SSSR count). The second-order valence-electron chi connectivity index (χ2n) is 2.17. The van der Waals surface area contributed by atoms with Gasteiger partial charge in [-0.15, -0.1) is 0 Å². The van der Waals surface area contributed by atoms with E-state index in [4.69, 9.17) is 11.6 Å². The van der Waals surface area contributed by atoms with Gasteiger partial charge in [0.05, 0.1) is 6.54 Å². The van der Waals surface area contributed by atoms with Crippen LogP contribution >= 0.6 is 11.6 Å². The highest BCUT2D eigenvalue weighted by molar-refractivity contribution is 6.45. The quantitative estimate of drug-likeness (QED) is 0.483. The summed E-state index contributed by atoms with van der Waals surface area (Å²) in [4.78, 5) is 32.9. The van der Waals surface area contributed by atoms with Crippen molar-refractivity contribution in [3.63, 3.8) is 0 Å². The van der Waals surface area contributed by atoms with Crippen molar-refractivity contribution < 1.29 is 14.4 Å². The Balaban J connectivity index is 2.77. The summed E-state index contributed by atoms with van der Waals surface area (Å²) in [5.74, 6) is -1.83. The lowest BCUT2D eigenvalue weighted by molar-refractivity contribution is -0.139. The van der Waals surface area contributed by atoms with Gasteiger partial charge in [0.15, 0.2) is 0 Å². The fourth-order valence-corrected chi connectivity index (χ4v) is 0.868. The Morgan fingerprint density at radius 3 is 2.42 bits per heavy atom. The monoisotopic (exact) mass is 188 g/mol. The van der Waals surface area contributed by atoms with E-state index in [0.29, 0.717) is 4.90 Å². The first-order chi connectivity index (χ1) is 5.52. The first-order valence-corrected chi connectivity index (χ1v) is 3.40. The predicted molar refractivity (Wildman–Crippen MR) is 40.2 cm³/mol. The van der Waals surface area contributed by atoms with Crippen LogP contribution in [0, 0.1) is 0 Å². The van der Waals surface area contributed by atoms with E-state index in [0.717, 1.165) is 0 Å². The van der Waals surface area contributed by atoms with E-state index < -0.39 is 17.8 Å². The van der Waals surface area contributed by atoms with Gasteiger partial charge in [0.25, 0.3) is 0 Å². The molecule has 0 spiro atoms. The van der Waals surface area contributed by atoms with Crippen molar-refractivity contribution in [2.24, 2.45) is 0 Å². The molecular weight excluding hydrogens is 184 g/mol. The molecule has 1 aliphatic heterocycles. The first-order valence-electron chi connectivity index (χ1n) is 3.02. The molecule has 0 aromatic carbocycles. The van der Waals surface area contributed by atoms with Crippen LogP contribution in [0.4, 0.5) is 4.79 Å². The minimum absolute atomic E-state index is 0.119. The molecule has 0 aliphatic carbocycles. The molecule has 4 amide bonds. The Bertz CT molecular complexity index is 287. The molecule has 0 radical (unpaired) electrons. The van der Waals surface area contributed by atoms with Gasteiger partial charge in [-0.1, -0.05) is 18.2 Å². The van der Waals surface area contributed by atoms with Crippen LogP contribution in [0.3, 0.4) is 0 Å². The highest BCUT2D eigenvalue weighted by atomic mass is 35.5. The molecule has 64 valence electrons. The van der Waals surface area contributed by atoms with Crippen LogP contribution in [0.2, 0.25) is 0 Å². The van der Waals surface area contributed by atoms with E-state index in [-0.39, 0.29) is 11.6 Å². The number of nitrogens with zero attached hydrogens (tertiary/aromatic N) is 1. The zero-order valence-electron chi connectivity index (χ0n) is 5.96. The summed E-state index contributed by atoms with van der Waals surface area (Å²) >= 11 is 5.36. The molecule has 12 heavy (non-hydrogen) atoms. The zero-order valence-corrected chi connectivity index (χ0v) is 6.72. The highest BCUT2D eigenvalue weighted by Gasteiger charge is 2.36. The number of nitrogens with one attached hydrogen (secondary N) is 1. The van der Waals surface area contributed by atoms with Gasteiger partial charge in [-0.25, -0.2) is 4.79 Å². The number of carbonyl (C=O) groups excluding carboxylic acids is 3. The van der Waals surface area contributed by atoms with Crippen molar-refractivity contribution >= 4 is 29.4 Å². The average molecular weight is 189 g/mol. The second-order valence-corrected chi connectivity index (χ2v) is 2.70. The van der Waals surface area contributed by atoms with E-state index in [9.17, 15) is 14.4 Å². The number of imide groups is 2.